The highest BCUT2D eigenvalue weighted by molar-refractivity contribution is 6.30. The number of hydrogen-bond donors (Lipinski definition) is 1. The summed E-state index contributed by atoms with van der Waals surface area (Å²) in [7, 11) is 0. The van der Waals surface area contributed by atoms with E-state index in [1.807, 2.05) is 0 Å². The van der Waals surface area contributed by atoms with Crippen molar-refractivity contribution in [3.8, 4) is 0 Å². The highest BCUT2D eigenvalue weighted by atomic mass is 35.5. The fourth-order valence-corrected chi connectivity index (χ4v) is 1.38. The van der Waals surface area contributed by atoms with Gasteiger partial charge in [-0.1, -0.05) is 18.5 Å². The zero-order valence-electron chi connectivity index (χ0n) is 8.24. The molecule has 0 spiro atoms. The highest BCUT2D eigenvalue weighted by Crippen LogP contribution is 2.15. The van der Waals surface area contributed by atoms with Crippen LogP contribution in [0.2, 0.25) is 5.02 Å². The van der Waals surface area contributed by atoms with E-state index in [9.17, 15) is 9.59 Å². The first-order chi connectivity index (χ1) is 7.00. The van der Waals surface area contributed by atoms with E-state index in [2.05, 4.69) is 0 Å². The smallest absolute Gasteiger partial charge is 0.304 e. The van der Waals surface area contributed by atoms with E-state index in [1.54, 1.807) is 31.2 Å². The minimum absolute atomic E-state index is 0.151. The third kappa shape index (κ3) is 3.36. The van der Waals surface area contributed by atoms with Crippen molar-refractivity contribution in [2.75, 3.05) is 0 Å². The molecule has 0 bridgehead atoms. The molecule has 4 heteroatoms. The Morgan fingerprint density at radius 2 is 1.87 bits per heavy atom. The van der Waals surface area contributed by atoms with Gasteiger partial charge in [-0.3, -0.25) is 9.59 Å². The van der Waals surface area contributed by atoms with Gasteiger partial charge in [0.2, 0.25) is 0 Å². The molecule has 1 aromatic rings. The van der Waals surface area contributed by atoms with Gasteiger partial charge in [0.15, 0.2) is 5.78 Å². The van der Waals surface area contributed by atoms with Gasteiger partial charge in [-0.2, -0.15) is 0 Å². The third-order valence-corrected chi connectivity index (χ3v) is 2.31. The number of carbonyl (C=O) groups excluding carboxylic acids is 1. The van der Waals surface area contributed by atoms with E-state index in [4.69, 9.17) is 16.7 Å². The van der Waals surface area contributed by atoms with Crippen molar-refractivity contribution >= 4 is 23.4 Å². The zero-order chi connectivity index (χ0) is 11.4. The summed E-state index contributed by atoms with van der Waals surface area (Å²) < 4.78 is 0. The van der Waals surface area contributed by atoms with Gasteiger partial charge in [0, 0.05) is 16.5 Å². The summed E-state index contributed by atoms with van der Waals surface area (Å²) in [5.74, 6) is -1.65. The summed E-state index contributed by atoms with van der Waals surface area (Å²) in [5.41, 5.74) is 0.494. The fraction of sp³-hybridized carbons (Fsp3) is 0.273. The van der Waals surface area contributed by atoms with E-state index in [-0.39, 0.29) is 12.2 Å². The Labute approximate surface area is 92.7 Å². The second-order valence-electron chi connectivity index (χ2n) is 3.37. The minimum atomic E-state index is -0.968. The molecule has 15 heavy (non-hydrogen) atoms. The number of rotatable bonds is 4. The predicted octanol–water partition coefficient (Wildman–Crippen LogP) is 2.63. The second-order valence-corrected chi connectivity index (χ2v) is 3.81. The molecule has 0 fully saturated rings. The molecule has 0 aliphatic carbocycles. The number of benzene rings is 1. The van der Waals surface area contributed by atoms with E-state index < -0.39 is 11.9 Å². The molecule has 80 valence electrons. The van der Waals surface area contributed by atoms with Crippen LogP contribution < -0.4 is 0 Å². The number of aliphatic carboxylic acids is 1. The molecule has 0 saturated heterocycles. The van der Waals surface area contributed by atoms with Crippen molar-refractivity contribution < 1.29 is 14.7 Å². The maximum absolute atomic E-state index is 11.7. The normalized spacial score (nSPS) is 12.1. The van der Waals surface area contributed by atoms with Crippen LogP contribution in [0.15, 0.2) is 24.3 Å². The van der Waals surface area contributed by atoms with Crippen molar-refractivity contribution in [2.24, 2.45) is 5.92 Å². The Bertz CT molecular complexity index is 370. The first-order valence-corrected chi connectivity index (χ1v) is 4.90. The lowest BCUT2D eigenvalue weighted by atomic mass is 9.97. The van der Waals surface area contributed by atoms with Crippen LogP contribution in [0.1, 0.15) is 23.7 Å². The Morgan fingerprint density at radius 3 is 2.33 bits per heavy atom. The van der Waals surface area contributed by atoms with Crippen molar-refractivity contribution in [1.82, 2.24) is 0 Å². The number of halogens is 1. The lowest BCUT2D eigenvalue weighted by Gasteiger charge is -2.07. The molecule has 0 saturated carbocycles. The Morgan fingerprint density at radius 1 is 1.33 bits per heavy atom. The van der Waals surface area contributed by atoms with Gasteiger partial charge < -0.3 is 5.11 Å². The number of carboxylic acids is 1. The number of hydrogen-bond acceptors (Lipinski definition) is 2. The van der Waals surface area contributed by atoms with Gasteiger partial charge in [0.05, 0.1) is 6.42 Å². The largest absolute Gasteiger partial charge is 0.481 e. The summed E-state index contributed by atoms with van der Waals surface area (Å²) in [4.78, 5) is 22.1. The fourth-order valence-electron chi connectivity index (χ4n) is 1.25. The molecular weight excluding hydrogens is 216 g/mol. The van der Waals surface area contributed by atoms with Crippen molar-refractivity contribution in [3.05, 3.63) is 34.9 Å². The van der Waals surface area contributed by atoms with Crippen LogP contribution in [0.3, 0.4) is 0 Å². The molecule has 1 aromatic carbocycles. The van der Waals surface area contributed by atoms with Gasteiger partial charge in [-0.05, 0) is 24.3 Å². The molecule has 0 aromatic heterocycles. The average molecular weight is 227 g/mol. The van der Waals surface area contributed by atoms with Crippen molar-refractivity contribution in [1.29, 1.82) is 0 Å². The Hall–Kier alpha value is -1.35. The average Bonchev–Trinajstić information content (AvgIpc) is 2.17. The van der Waals surface area contributed by atoms with Crippen molar-refractivity contribution in [2.45, 2.75) is 13.3 Å². The first-order valence-electron chi connectivity index (χ1n) is 4.52. The van der Waals surface area contributed by atoms with Gasteiger partial charge in [0.1, 0.15) is 0 Å². The first kappa shape index (κ1) is 11.7. The quantitative estimate of drug-likeness (QED) is 0.803. The monoisotopic (exact) mass is 226 g/mol. The summed E-state index contributed by atoms with van der Waals surface area (Å²) in [6.07, 6.45) is -0.151. The van der Waals surface area contributed by atoms with Crippen LogP contribution in [0, 0.1) is 5.92 Å². The molecule has 1 N–H and O–H groups in total. The van der Waals surface area contributed by atoms with Gasteiger partial charge in [-0.25, -0.2) is 0 Å². The summed E-state index contributed by atoms with van der Waals surface area (Å²) in [6, 6.07) is 6.43. The Kier molecular flexibility index (Phi) is 3.86. The van der Waals surface area contributed by atoms with Crippen LogP contribution >= 0.6 is 11.6 Å². The van der Waals surface area contributed by atoms with Crippen molar-refractivity contribution in [3.63, 3.8) is 0 Å². The van der Waals surface area contributed by atoms with Gasteiger partial charge in [0.25, 0.3) is 0 Å². The van der Waals surface area contributed by atoms with E-state index in [0.29, 0.717) is 10.6 Å². The molecule has 0 aliphatic rings. The molecule has 1 rings (SSSR count). The maximum atomic E-state index is 11.7. The second kappa shape index (κ2) is 4.94. The molecular formula is C11H11ClO3. The lowest BCUT2D eigenvalue weighted by Crippen LogP contribution is -2.15. The Balaban J connectivity index is 2.76. The van der Waals surface area contributed by atoms with E-state index in [1.165, 1.54) is 0 Å². The standard InChI is InChI=1S/C11H11ClO3/c1-7(6-10(13)14)11(15)8-2-4-9(12)5-3-8/h2-5,7H,6H2,1H3,(H,13,14). The number of carboxylic acid groups (broad SMARTS) is 1. The molecule has 0 radical (unpaired) electrons. The van der Waals surface area contributed by atoms with E-state index in [0.717, 1.165) is 0 Å². The molecule has 0 amide bonds. The van der Waals surface area contributed by atoms with Gasteiger partial charge in [-0.15, -0.1) is 0 Å². The van der Waals surface area contributed by atoms with Crippen LogP contribution in [0.4, 0.5) is 0 Å². The number of ketones is 1. The third-order valence-electron chi connectivity index (χ3n) is 2.06. The van der Waals surface area contributed by atoms with Crippen LogP contribution in [0.25, 0.3) is 0 Å². The summed E-state index contributed by atoms with van der Waals surface area (Å²) in [6.45, 7) is 1.60. The summed E-state index contributed by atoms with van der Waals surface area (Å²) >= 11 is 5.67. The highest BCUT2D eigenvalue weighted by Gasteiger charge is 2.17. The molecule has 3 nitrogen and oxygen atoms in total. The van der Waals surface area contributed by atoms with E-state index >= 15 is 0 Å². The maximum Gasteiger partial charge on any atom is 0.304 e. The lowest BCUT2D eigenvalue weighted by molar-refractivity contribution is -0.137. The van der Waals surface area contributed by atoms with Crippen LogP contribution in [-0.4, -0.2) is 16.9 Å². The molecule has 1 unspecified atom stereocenters. The number of Topliss-reactive ketones (excluding diaryl/α,β-unsaturated/α-hetero) is 1. The molecule has 1 atom stereocenters. The number of carbonyl (C=O) groups is 2. The summed E-state index contributed by atoms with van der Waals surface area (Å²) in [5, 5.41) is 9.10. The minimum Gasteiger partial charge on any atom is -0.481 e. The zero-order valence-corrected chi connectivity index (χ0v) is 8.99. The van der Waals surface area contributed by atoms with Gasteiger partial charge >= 0.3 is 5.97 Å². The topological polar surface area (TPSA) is 54.4 Å². The SMILES string of the molecule is CC(CC(=O)O)C(=O)c1ccc(Cl)cc1. The predicted molar refractivity (Wildman–Crippen MR) is 57.2 cm³/mol. The van der Waals surface area contributed by atoms with Crippen LogP contribution in [-0.2, 0) is 4.79 Å². The molecule has 0 aliphatic heterocycles. The van der Waals surface area contributed by atoms with Crippen LogP contribution in [0.5, 0.6) is 0 Å². The molecule has 0 heterocycles.